The molecule has 1 aromatic heterocycles. The Labute approximate surface area is 131 Å². The van der Waals surface area contributed by atoms with Crippen LogP contribution in [0.3, 0.4) is 0 Å². The van der Waals surface area contributed by atoms with Crippen LogP contribution < -0.4 is 0 Å². The lowest BCUT2D eigenvalue weighted by molar-refractivity contribution is 0.668. The molecule has 4 rings (SSSR count). The van der Waals surface area contributed by atoms with Crippen molar-refractivity contribution < 1.29 is 4.42 Å². The number of hydrogen-bond donors (Lipinski definition) is 0. The molecule has 0 bridgehead atoms. The molecule has 0 saturated carbocycles. The number of fused-ring (bicyclic) bond motifs is 3. The summed E-state index contributed by atoms with van der Waals surface area (Å²) in [6, 6.07) is 22.3. The second-order valence-electron chi connectivity index (χ2n) is 4.79. The Bertz CT molecular complexity index is 928. The Balaban J connectivity index is 1.98. The molecule has 3 aromatic carbocycles. The molecule has 0 aliphatic rings. The lowest BCUT2D eigenvalue weighted by Gasteiger charge is -2.04. The average molecular weight is 311 g/mol. The summed E-state index contributed by atoms with van der Waals surface area (Å²) in [4.78, 5) is 2.31. The van der Waals surface area contributed by atoms with E-state index in [2.05, 4.69) is 18.2 Å². The Morgan fingerprint density at radius 3 is 2.43 bits per heavy atom. The molecule has 0 spiro atoms. The molecule has 1 heterocycles. The predicted octanol–water partition coefficient (Wildman–Crippen LogP) is 6.39. The summed E-state index contributed by atoms with van der Waals surface area (Å²) in [5.74, 6) is 0. The molecule has 0 saturated heterocycles. The molecule has 3 heteroatoms. The minimum atomic E-state index is 0.694. The van der Waals surface area contributed by atoms with Gasteiger partial charge in [-0.15, -0.1) is 0 Å². The maximum absolute atomic E-state index is 6.24. The third-order valence-electron chi connectivity index (χ3n) is 3.38. The van der Waals surface area contributed by atoms with Crippen molar-refractivity contribution >= 4 is 45.3 Å². The van der Waals surface area contributed by atoms with Crippen molar-refractivity contribution in [2.45, 2.75) is 9.79 Å². The zero-order valence-corrected chi connectivity index (χ0v) is 12.6. The maximum Gasteiger partial charge on any atom is 0.138 e. The van der Waals surface area contributed by atoms with Gasteiger partial charge in [-0.05, 0) is 24.3 Å². The summed E-state index contributed by atoms with van der Waals surface area (Å²) < 4.78 is 5.91. The number of benzene rings is 3. The van der Waals surface area contributed by atoms with Crippen LogP contribution in [0.15, 0.2) is 80.9 Å². The second kappa shape index (κ2) is 5.14. The average Bonchev–Trinajstić information content (AvgIpc) is 2.86. The van der Waals surface area contributed by atoms with Crippen LogP contribution in [0.2, 0.25) is 5.02 Å². The van der Waals surface area contributed by atoms with Gasteiger partial charge in [0.25, 0.3) is 0 Å². The van der Waals surface area contributed by atoms with Gasteiger partial charge in [0.2, 0.25) is 0 Å². The van der Waals surface area contributed by atoms with Gasteiger partial charge in [0.15, 0.2) is 0 Å². The van der Waals surface area contributed by atoms with Crippen LogP contribution in [0.1, 0.15) is 0 Å². The van der Waals surface area contributed by atoms with Gasteiger partial charge in [-0.2, -0.15) is 0 Å². The molecule has 0 fully saturated rings. The third-order valence-corrected chi connectivity index (χ3v) is 4.65. The van der Waals surface area contributed by atoms with Crippen molar-refractivity contribution in [1.82, 2.24) is 0 Å². The molecular weight excluding hydrogens is 300 g/mol. The maximum atomic E-state index is 6.24. The zero-order valence-electron chi connectivity index (χ0n) is 11.0. The summed E-state index contributed by atoms with van der Waals surface area (Å²) in [5, 5.41) is 2.95. The molecule has 102 valence electrons. The molecular formula is C18H11ClOS. The number of furan rings is 1. The van der Waals surface area contributed by atoms with Gasteiger partial charge in [-0.3, -0.25) is 0 Å². The highest BCUT2D eigenvalue weighted by molar-refractivity contribution is 7.99. The highest BCUT2D eigenvalue weighted by atomic mass is 35.5. The molecule has 1 nitrogen and oxygen atoms in total. The van der Waals surface area contributed by atoms with Crippen LogP contribution in [-0.2, 0) is 0 Å². The van der Waals surface area contributed by atoms with E-state index in [1.54, 1.807) is 11.8 Å². The molecule has 0 aliphatic carbocycles. The molecule has 0 amide bonds. The van der Waals surface area contributed by atoms with Gasteiger partial charge in [0.05, 0.1) is 0 Å². The first-order valence-corrected chi connectivity index (χ1v) is 7.84. The summed E-state index contributed by atoms with van der Waals surface area (Å²) in [6.07, 6.45) is 0. The monoisotopic (exact) mass is 310 g/mol. The van der Waals surface area contributed by atoms with Gasteiger partial charge in [0, 0.05) is 31.7 Å². The van der Waals surface area contributed by atoms with Crippen LogP contribution >= 0.6 is 23.4 Å². The van der Waals surface area contributed by atoms with Gasteiger partial charge < -0.3 is 4.42 Å². The van der Waals surface area contributed by atoms with Crippen molar-refractivity contribution in [2.75, 3.05) is 0 Å². The Morgan fingerprint density at radius 2 is 1.57 bits per heavy atom. The van der Waals surface area contributed by atoms with Crippen LogP contribution in [0, 0.1) is 0 Å². The van der Waals surface area contributed by atoms with E-state index < -0.39 is 0 Å². The van der Waals surface area contributed by atoms with E-state index in [-0.39, 0.29) is 0 Å². The number of para-hydroxylation sites is 1. The summed E-state index contributed by atoms with van der Waals surface area (Å²) in [5.41, 5.74) is 1.73. The fourth-order valence-corrected chi connectivity index (χ4v) is 3.80. The molecule has 0 N–H and O–H groups in total. The van der Waals surface area contributed by atoms with Crippen LogP contribution in [0.4, 0.5) is 0 Å². The fourth-order valence-electron chi connectivity index (χ4n) is 2.48. The molecule has 0 atom stereocenters. The van der Waals surface area contributed by atoms with E-state index in [1.807, 2.05) is 48.5 Å². The van der Waals surface area contributed by atoms with E-state index >= 15 is 0 Å². The minimum Gasteiger partial charge on any atom is -0.456 e. The van der Waals surface area contributed by atoms with Crippen molar-refractivity contribution in [2.24, 2.45) is 0 Å². The van der Waals surface area contributed by atoms with Crippen molar-refractivity contribution in [3.05, 3.63) is 71.8 Å². The van der Waals surface area contributed by atoms with Crippen molar-refractivity contribution in [1.29, 1.82) is 0 Å². The quantitative estimate of drug-likeness (QED) is 0.425. The van der Waals surface area contributed by atoms with Crippen LogP contribution in [0.25, 0.3) is 21.9 Å². The van der Waals surface area contributed by atoms with E-state index in [0.717, 1.165) is 26.8 Å². The van der Waals surface area contributed by atoms with Gasteiger partial charge in [0.1, 0.15) is 11.2 Å². The van der Waals surface area contributed by atoms with Gasteiger partial charge >= 0.3 is 0 Å². The first kappa shape index (κ1) is 12.8. The Kier molecular flexibility index (Phi) is 3.13. The van der Waals surface area contributed by atoms with Gasteiger partial charge in [-0.25, -0.2) is 0 Å². The van der Waals surface area contributed by atoms with E-state index in [9.17, 15) is 0 Å². The highest BCUT2D eigenvalue weighted by Gasteiger charge is 2.13. The topological polar surface area (TPSA) is 13.1 Å². The molecule has 0 unspecified atom stereocenters. The van der Waals surface area contributed by atoms with Crippen LogP contribution in [0.5, 0.6) is 0 Å². The van der Waals surface area contributed by atoms with Gasteiger partial charge in [-0.1, -0.05) is 59.8 Å². The number of hydrogen-bond acceptors (Lipinski definition) is 2. The first-order chi connectivity index (χ1) is 10.3. The molecule has 0 aliphatic heterocycles. The van der Waals surface area contributed by atoms with E-state index in [0.29, 0.717) is 5.02 Å². The Hall–Kier alpha value is -1.90. The van der Waals surface area contributed by atoms with Crippen LogP contribution in [-0.4, -0.2) is 0 Å². The van der Waals surface area contributed by atoms with E-state index in [1.165, 1.54) is 4.90 Å². The molecule has 0 radical (unpaired) electrons. The first-order valence-electron chi connectivity index (χ1n) is 6.65. The molecule has 4 aromatic rings. The largest absolute Gasteiger partial charge is 0.456 e. The highest BCUT2D eigenvalue weighted by Crippen LogP contribution is 2.40. The fraction of sp³-hybridized carbons (Fsp3) is 0. The summed E-state index contributed by atoms with van der Waals surface area (Å²) >= 11 is 7.95. The van der Waals surface area contributed by atoms with Crippen molar-refractivity contribution in [3.8, 4) is 0 Å². The lowest BCUT2D eigenvalue weighted by atomic mass is 10.1. The summed E-state index contributed by atoms with van der Waals surface area (Å²) in [6.45, 7) is 0. The standard InChI is InChI=1S/C18H11ClOS/c19-12-10-16-18(14-8-4-5-9-15(14)20-16)17(11-12)21-13-6-2-1-3-7-13/h1-11H. The zero-order chi connectivity index (χ0) is 14.2. The Morgan fingerprint density at radius 1 is 0.810 bits per heavy atom. The smallest absolute Gasteiger partial charge is 0.138 e. The lowest BCUT2D eigenvalue weighted by Crippen LogP contribution is -1.77. The SMILES string of the molecule is Clc1cc(Sc2ccccc2)c2c(c1)oc1ccccc12. The third kappa shape index (κ3) is 2.31. The minimum absolute atomic E-state index is 0.694. The molecule has 21 heavy (non-hydrogen) atoms. The second-order valence-corrected chi connectivity index (χ2v) is 6.34. The summed E-state index contributed by atoms with van der Waals surface area (Å²) in [7, 11) is 0. The normalized spacial score (nSPS) is 11.3. The predicted molar refractivity (Wildman–Crippen MR) is 89.3 cm³/mol. The number of halogens is 1. The van der Waals surface area contributed by atoms with E-state index in [4.69, 9.17) is 16.0 Å². The number of rotatable bonds is 2. The van der Waals surface area contributed by atoms with Crippen molar-refractivity contribution in [3.63, 3.8) is 0 Å².